The number of fused-ring (bicyclic) bond motifs is 20. The molecule has 0 N–H and O–H groups in total. The van der Waals surface area contributed by atoms with Crippen molar-refractivity contribution in [3.63, 3.8) is 0 Å². The fourth-order valence-electron chi connectivity index (χ4n) is 15.2. The van der Waals surface area contributed by atoms with Crippen LogP contribution in [-0.2, 0) is 17.3 Å². The number of aromatic nitrogens is 5. The second kappa shape index (κ2) is 20.0. The average Bonchev–Trinajstić information content (AvgIpc) is 1.62. The normalized spacial score (nSPS) is 13.7. The predicted octanol–water partition coefficient (Wildman–Crippen LogP) is 22.0. The minimum Gasteiger partial charge on any atom is -0.456 e. The molecule has 17 aromatic rings. The summed E-state index contributed by atoms with van der Waals surface area (Å²) < 4.78 is 14.7. The molecule has 3 aliphatic carbocycles. The first-order valence-electron chi connectivity index (χ1n) is 31.1. The summed E-state index contributed by atoms with van der Waals surface area (Å²) in [4.78, 5) is 20.7. The Labute approximate surface area is 529 Å². The molecule has 432 valence electrons. The van der Waals surface area contributed by atoms with Crippen molar-refractivity contribution in [2.24, 2.45) is 0 Å². The lowest BCUT2D eigenvalue weighted by Gasteiger charge is -2.24. The molecule has 0 unspecified atom stereocenters. The van der Waals surface area contributed by atoms with Crippen molar-refractivity contribution in [3.8, 4) is 62.2 Å². The molecule has 0 spiro atoms. The fourth-order valence-corrected chi connectivity index (χ4v) is 15.6. The van der Waals surface area contributed by atoms with Gasteiger partial charge in [0, 0.05) is 76.5 Å². The standard InChI is InChI=1S/C41H27N3O.C25H17ClN2O.C17H12/c1-41(2)31-18-8-5-15-27(31)38-37(41)40(43-39(42-38)29-17-11-21-35-36(29)28-16-7-10-20-34(28)45-35)44-32-19-9-6-14-26(32)30-22-24-12-3-4-13-25(24)23-33(30)44;1-25(2)17-11-5-3-8-14(17)22-21(25)23(26)28-24(27-22)16-10-7-13-19-20(16)15-9-4-6-12-18(15)29-19;1-2-6-13-11-17-15(9-12(13)5-1)10-14-7-3-4-8-16(14)17/h3-23H,1-2H3;3-13H,1-2H3;1-9,11H,10H2. The van der Waals surface area contributed by atoms with Gasteiger partial charge in [0.2, 0.25) is 0 Å². The first-order chi connectivity index (χ1) is 44.5. The smallest absolute Gasteiger partial charge is 0.162 e. The van der Waals surface area contributed by atoms with Gasteiger partial charge in [-0.1, -0.05) is 246 Å². The summed E-state index contributed by atoms with van der Waals surface area (Å²) in [6, 6.07) is 89.4. The van der Waals surface area contributed by atoms with E-state index in [1.165, 1.54) is 65.7 Å². The Kier molecular flexibility index (Phi) is 11.7. The molecule has 7 nitrogen and oxygen atoms in total. The van der Waals surface area contributed by atoms with Crippen molar-refractivity contribution in [2.45, 2.75) is 44.9 Å². The van der Waals surface area contributed by atoms with Crippen LogP contribution in [0.3, 0.4) is 0 Å². The number of hydrogen-bond donors (Lipinski definition) is 0. The summed E-state index contributed by atoms with van der Waals surface area (Å²) >= 11 is 6.77. The highest BCUT2D eigenvalue weighted by molar-refractivity contribution is 6.31. The van der Waals surface area contributed by atoms with E-state index in [1.54, 1.807) is 0 Å². The molecular formula is C83H56ClN5O2. The van der Waals surface area contributed by atoms with Gasteiger partial charge in [0.25, 0.3) is 0 Å². The van der Waals surface area contributed by atoms with Crippen molar-refractivity contribution < 1.29 is 8.83 Å². The molecule has 0 saturated heterocycles. The zero-order chi connectivity index (χ0) is 60.9. The Morgan fingerprint density at radius 2 is 0.813 bits per heavy atom. The van der Waals surface area contributed by atoms with E-state index in [2.05, 4.69) is 220 Å². The second-order valence-electron chi connectivity index (χ2n) is 25.3. The van der Waals surface area contributed by atoms with Crippen LogP contribution in [0.25, 0.3) is 149 Å². The molecular weight excluding hydrogens is 1130 g/mol. The third-order valence-electron chi connectivity index (χ3n) is 19.4. The second-order valence-corrected chi connectivity index (χ2v) is 25.7. The summed E-state index contributed by atoms with van der Waals surface area (Å²) in [5.74, 6) is 2.24. The van der Waals surface area contributed by atoms with Gasteiger partial charge in [0.05, 0.1) is 22.4 Å². The first kappa shape index (κ1) is 53.1. The summed E-state index contributed by atoms with van der Waals surface area (Å²) in [6.07, 6.45) is 1.08. The zero-order valence-corrected chi connectivity index (χ0v) is 51.1. The molecule has 8 heteroatoms. The van der Waals surface area contributed by atoms with Crippen LogP contribution in [0.4, 0.5) is 0 Å². The van der Waals surface area contributed by atoms with E-state index in [9.17, 15) is 0 Å². The number of halogens is 1. The highest BCUT2D eigenvalue weighted by atomic mass is 35.5. The van der Waals surface area contributed by atoms with Crippen LogP contribution in [0.15, 0.2) is 264 Å². The Morgan fingerprint density at radius 1 is 0.352 bits per heavy atom. The van der Waals surface area contributed by atoms with E-state index in [4.69, 9.17) is 40.4 Å². The van der Waals surface area contributed by atoms with Crippen molar-refractivity contribution in [2.75, 3.05) is 0 Å². The molecule has 0 aliphatic heterocycles. The van der Waals surface area contributed by atoms with Gasteiger partial charge >= 0.3 is 0 Å². The molecule has 0 bridgehead atoms. The Bertz CT molecular complexity index is 5920. The average molecular weight is 1190 g/mol. The lowest BCUT2D eigenvalue weighted by Crippen LogP contribution is -2.19. The van der Waals surface area contributed by atoms with Gasteiger partial charge in [-0.3, -0.25) is 4.57 Å². The Balaban J connectivity index is 0.000000113. The lowest BCUT2D eigenvalue weighted by molar-refractivity contribution is 0.650. The van der Waals surface area contributed by atoms with E-state index in [0.29, 0.717) is 16.8 Å². The van der Waals surface area contributed by atoms with E-state index in [-0.39, 0.29) is 10.8 Å². The molecule has 5 heterocycles. The molecule has 0 radical (unpaired) electrons. The molecule has 5 aromatic heterocycles. The summed E-state index contributed by atoms with van der Waals surface area (Å²) in [7, 11) is 0. The third-order valence-corrected chi connectivity index (χ3v) is 19.7. The van der Waals surface area contributed by atoms with Crippen LogP contribution in [0.5, 0.6) is 0 Å². The summed E-state index contributed by atoms with van der Waals surface area (Å²) in [5, 5.41) is 12.2. The van der Waals surface area contributed by atoms with Gasteiger partial charge in [0.1, 0.15) is 33.3 Å². The number of benzene rings is 12. The van der Waals surface area contributed by atoms with Gasteiger partial charge in [0.15, 0.2) is 11.6 Å². The maximum absolute atomic E-state index is 6.77. The minimum atomic E-state index is -0.303. The zero-order valence-electron chi connectivity index (χ0n) is 50.4. The summed E-state index contributed by atoms with van der Waals surface area (Å²) in [5.41, 5.74) is 21.6. The van der Waals surface area contributed by atoms with E-state index < -0.39 is 0 Å². The van der Waals surface area contributed by atoms with E-state index in [1.807, 2.05) is 66.7 Å². The van der Waals surface area contributed by atoms with Gasteiger partial charge in [-0.25, -0.2) is 19.9 Å². The van der Waals surface area contributed by atoms with E-state index >= 15 is 0 Å². The monoisotopic (exact) mass is 1190 g/mol. The molecule has 0 amide bonds. The largest absolute Gasteiger partial charge is 0.456 e. The van der Waals surface area contributed by atoms with Crippen molar-refractivity contribution in [1.82, 2.24) is 24.5 Å². The predicted molar refractivity (Wildman–Crippen MR) is 374 cm³/mol. The van der Waals surface area contributed by atoms with Crippen LogP contribution < -0.4 is 0 Å². The quantitative estimate of drug-likeness (QED) is 0.164. The van der Waals surface area contributed by atoms with Crippen molar-refractivity contribution >= 4 is 98.8 Å². The van der Waals surface area contributed by atoms with Gasteiger partial charge in [-0.2, -0.15) is 0 Å². The maximum atomic E-state index is 6.77. The number of furan rings is 2. The van der Waals surface area contributed by atoms with Crippen molar-refractivity contribution in [3.05, 3.63) is 293 Å². The number of hydrogen-bond acceptors (Lipinski definition) is 6. The highest BCUT2D eigenvalue weighted by Gasteiger charge is 2.42. The van der Waals surface area contributed by atoms with Crippen LogP contribution in [0, 0.1) is 0 Å². The van der Waals surface area contributed by atoms with Crippen LogP contribution in [0.1, 0.15) is 61.1 Å². The Hall–Kier alpha value is -11.0. The summed E-state index contributed by atoms with van der Waals surface area (Å²) in [6.45, 7) is 8.96. The third kappa shape index (κ3) is 8.07. The van der Waals surface area contributed by atoms with Gasteiger partial charge in [-0.05, 0) is 110 Å². The maximum Gasteiger partial charge on any atom is 0.162 e. The van der Waals surface area contributed by atoms with Crippen LogP contribution in [0.2, 0.25) is 5.15 Å². The number of para-hydroxylation sites is 3. The molecule has 0 saturated carbocycles. The Morgan fingerprint density at radius 3 is 1.45 bits per heavy atom. The molecule has 20 rings (SSSR count). The molecule has 0 fully saturated rings. The van der Waals surface area contributed by atoms with Gasteiger partial charge < -0.3 is 8.83 Å². The van der Waals surface area contributed by atoms with Crippen LogP contribution in [-0.4, -0.2) is 24.5 Å². The lowest BCUT2D eigenvalue weighted by atomic mass is 9.82. The topological polar surface area (TPSA) is 82.8 Å². The van der Waals surface area contributed by atoms with Crippen molar-refractivity contribution in [1.29, 1.82) is 0 Å². The molecule has 12 aromatic carbocycles. The van der Waals surface area contributed by atoms with Crippen LogP contribution >= 0.6 is 11.6 Å². The molecule has 3 aliphatic rings. The minimum absolute atomic E-state index is 0.226. The molecule has 0 atom stereocenters. The highest BCUT2D eigenvalue weighted by Crippen LogP contribution is 2.53. The van der Waals surface area contributed by atoms with E-state index in [0.717, 1.165) is 112 Å². The fraction of sp³-hybridized carbons (Fsp3) is 0.0843. The van der Waals surface area contributed by atoms with Gasteiger partial charge in [-0.15, -0.1) is 0 Å². The first-order valence-corrected chi connectivity index (χ1v) is 31.5. The number of nitrogens with zero attached hydrogens (tertiary/aromatic N) is 5. The number of rotatable bonds is 3. The SMILES string of the molecule is CC1(C)c2ccccc2-c2nc(-c3cccc4oc5ccccc5c34)nc(-n3c4ccccc4c4cc5ccccc5cc43)c21.CC1(C)c2ccccc2-c2nc(-c3cccc4oc5ccccc5c34)nc(Cl)c21.c1ccc2c(c1)Cc1cc3ccccc3cc1-2. The molecule has 91 heavy (non-hydrogen) atoms.